The van der Waals surface area contributed by atoms with Gasteiger partial charge in [0.05, 0.1) is 16.8 Å². The van der Waals surface area contributed by atoms with Crippen LogP contribution in [0.15, 0.2) is 46.9 Å². The van der Waals surface area contributed by atoms with Gasteiger partial charge in [-0.2, -0.15) is 0 Å². The molecule has 0 aliphatic carbocycles. The maximum Gasteiger partial charge on any atom is 0.266 e. The summed E-state index contributed by atoms with van der Waals surface area (Å²) in [6.45, 7) is 0. The second kappa shape index (κ2) is 4.20. The van der Waals surface area contributed by atoms with Crippen molar-refractivity contribution >= 4 is 39.1 Å². The molecule has 0 bridgehead atoms. The average Bonchev–Trinajstić information content (AvgIpc) is 2.64. The van der Waals surface area contributed by atoms with Gasteiger partial charge < -0.3 is 5.73 Å². The molecular weight excluding hydrogens is 308 g/mol. The largest absolute Gasteiger partial charge is 0.399 e. The molecule has 4 nitrogen and oxygen atoms in total. The number of nitrogens with two attached hydrogens (primary N) is 1. The average molecular weight is 317 g/mol. The topological polar surface area (TPSA) is 63.4 Å². The molecule has 0 spiro atoms. The zero-order valence-corrected chi connectivity index (χ0v) is 11.3. The number of hydrogen-bond donors (Lipinski definition) is 1. The Labute approximate surface area is 118 Å². The third kappa shape index (κ3) is 1.74. The molecule has 19 heavy (non-hydrogen) atoms. The Hall–Kier alpha value is -2.14. The van der Waals surface area contributed by atoms with Crippen LogP contribution in [0.5, 0.6) is 0 Å². The predicted molar refractivity (Wildman–Crippen MR) is 76.1 cm³/mol. The third-order valence-corrected chi connectivity index (χ3v) is 3.64. The van der Waals surface area contributed by atoms with Crippen molar-refractivity contribution in [1.82, 2.24) is 0 Å². The van der Waals surface area contributed by atoms with E-state index in [9.17, 15) is 9.59 Å². The minimum absolute atomic E-state index is 0.314. The van der Waals surface area contributed by atoms with E-state index in [-0.39, 0.29) is 11.8 Å². The minimum atomic E-state index is -0.314. The van der Waals surface area contributed by atoms with Crippen molar-refractivity contribution in [2.45, 2.75) is 0 Å². The van der Waals surface area contributed by atoms with Gasteiger partial charge in [0.15, 0.2) is 0 Å². The first-order valence-electron chi connectivity index (χ1n) is 5.62. The zero-order chi connectivity index (χ0) is 13.6. The summed E-state index contributed by atoms with van der Waals surface area (Å²) in [4.78, 5) is 25.8. The number of benzene rings is 2. The lowest BCUT2D eigenvalue weighted by Crippen LogP contribution is -2.29. The first-order chi connectivity index (χ1) is 9.09. The van der Waals surface area contributed by atoms with Crippen molar-refractivity contribution in [2.75, 3.05) is 10.6 Å². The van der Waals surface area contributed by atoms with E-state index in [4.69, 9.17) is 5.73 Å². The summed E-state index contributed by atoms with van der Waals surface area (Å²) in [5.74, 6) is -0.628. The molecule has 94 valence electrons. The molecule has 3 rings (SSSR count). The lowest BCUT2D eigenvalue weighted by atomic mass is 10.1. The van der Waals surface area contributed by atoms with Gasteiger partial charge in [0, 0.05) is 10.2 Å². The smallest absolute Gasteiger partial charge is 0.266 e. The summed E-state index contributed by atoms with van der Waals surface area (Å²) >= 11 is 3.33. The predicted octanol–water partition coefficient (Wildman–Crippen LogP) is 2.83. The normalized spacial score (nSPS) is 13.8. The van der Waals surface area contributed by atoms with Crippen molar-refractivity contribution in [3.63, 3.8) is 0 Å². The van der Waals surface area contributed by atoms with Gasteiger partial charge in [-0.15, -0.1) is 0 Å². The highest BCUT2D eigenvalue weighted by Gasteiger charge is 2.37. The van der Waals surface area contributed by atoms with Gasteiger partial charge in [-0.25, -0.2) is 4.90 Å². The Morgan fingerprint density at radius 3 is 2.05 bits per heavy atom. The van der Waals surface area contributed by atoms with E-state index < -0.39 is 0 Å². The van der Waals surface area contributed by atoms with Crippen LogP contribution in [0.3, 0.4) is 0 Å². The van der Waals surface area contributed by atoms with Crippen LogP contribution < -0.4 is 10.6 Å². The number of amides is 2. The molecule has 0 aromatic heterocycles. The monoisotopic (exact) mass is 316 g/mol. The van der Waals surface area contributed by atoms with Crippen molar-refractivity contribution in [3.8, 4) is 0 Å². The maximum atomic E-state index is 12.3. The first kappa shape index (κ1) is 11.9. The fourth-order valence-electron chi connectivity index (χ4n) is 2.11. The summed E-state index contributed by atoms with van der Waals surface area (Å²) in [7, 11) is 0. The molecule has 2 aromatic carbocycles. The molecule has 0 unspecified atom stereocenters. The molecular formula is C14H9BrN2O2. The highest BCUT2D eigenvalue weighted by Crippen LogP contribution is 2.34. The molecule has 0 saturated heterocycles. The number of rotatable bonds is 1. The molecule has 1 heterocycles. The number of anilines is 2. The van der Waals surface area contributed by atoms with Gasteiger partial charge in [-0.3, -0.25) is 9.59 Å². The van der Waals surface area contributed by atoms with E-state index in [0.29, 0.717) is 27.0 Å². The van der Waals surface area contributed by atoms with E-state index in [1.807, 2.05) is 0 Å². The number of imide groups is 1. The second-order valence-electron chi connectivity index (χ2n) is 4.20. The van der Waals surface area contributed by atoms with E-state index >= 15 is 0 Å². The van der Waals surface area contributed by atoms with Crippen molar-refractivity contribution < 1.29 is 9.59 Å². The number of fused-ring (bicyclic) bond motifs is 1. The van der Waals surface area contributed by atoms with Crippen LogP contribution in [-0.4, -0.2) is 11.8 Å². The number of carbonyl (C=O) groups excluding carboxylic acids is 2. The van der Waals surface area contributed by atoms with Gasteiger partial charge in [0.1, 0.15) is 0 Å². The van der Waals surface area contributed by atoms with E-state index in [0.717, 1.165) is 4.90 Å². The van der Waals surface area contributed by atoms with Crippen molar-refractivity contribution in [2.24, 2.45) is 0 Å². The van der Waals surface area contributed by atoms with Crippen LogP contribution in [-0.2, 0) is 0 Å². The summed E-state index contributed by atoms with van der Waals surface area (Å²) in [5.41, 5.74) is 7.58. The molecule has 0 fully saturated rings. The van der Waals surface area contributed by atoms with Gasteiger partial charge in [-0.1, -0.05) is 12.1 Å². The van der Waals surface area contributed by atoms with Crippen molar-refractivity contribution in [1.29, 1.82) is 0 Å². The minimum Gasteiger partial charge on any atom is -0.399 e. The summed E-state index contributed by atoms with van der Waals surface area (Å²) in [6.07, 6.45) is 0. The van der Waals surface area contributed by atoms with E-state index in [1.54, 1.807) is 42.5 Å². The Kier molecular flexibility index (Phi) is 2.64. The SMILES string of the molecule is Nc1ccc(N2C(=O)c3ccccc3C2=O)c(Br)c1. The number of hydrogen-bond acceptors (Lipinski definition) is 3. The van der Waals surface area contributed by atoms with Crippen LogP contribution in [0.4, 0.5) is 11.4 Å². The summed E-state index contributed by atoms with van der Waals surface area (Å²) in [5, 5.41) is 0. The Bertz CT molecular complexity index is 677. The molecule has 1 aliphatic rings. The highest BCUT2D eigenvalue weighted by molar-refractivity contribution is 9.10. The number of nitrogens with zero attached hydrogens (tertiary/aromatic N) is 1. The lowest BCUT2D eigenvalue weighted by Gasteiger charge is -2.15. The van der Waals surface area contributed by atoms with E-state index in [1.165, 1.54) is 0 Å². The fraction of sp³-hybridized carbons (Fsp3) is 0. The van der Waals surface area contributed by atoms with Crippen LogP contribution in [0, 0.1) is 0 Å². The van der Waals surface area contributed by atoms with Crippen LogP contribution in [0.25, 0.3) is 0 Å². The van der Waals surface area contributed by atoms with Gasteiger partial charge >= 0.3 is 0 Å². The van der Waals surface area contributed by atoms with Gasteiger partial charge in [0.25, 0.3) is 11.8 Å². The molecule has 2 N–H and O–H groups in total. The Balaban J connectivity index is 2.14. The third-order valence-electron chi connectivity index (χ3n) is 3.01. The quantitative estimate of drug-likeness (QED) is 0.650. The standard InChI is InChI=1S/C14H9BrN2O2/c15-11-7-8(16)5-6-12(11)17-13(18)9-3-1-2-4-10(9)14(17)19/h1-7H,16H2. The zero-order valence-electron chi connectivity index (χ0n) is 9.76. The van der Waals surface area contributed by atoms with Crippen LogP contribution in [0.1, 0.15) is 20.7 Å². The van der Waals surface area contributed by atoms with Crippen molar-refractivity contribution in [3.05, 3.63) is 58.1 Å². The van der Waals surface area contributed by atoms with E-state index in [2.05, 4.69) is 15.9 Å². The fourth-order valence-corrected chi connectivity index (χ4v) is 2.69. The Morgan fingerprint density at radius 2 is 1.53 bits per heavy atom. The van der Waals surface area contributed by atoms with Crippen LogP contribution >= 0.6 is 15.9 Å². The maximum absolute atomic E-state index is 12.3. The number of carbonyl (C=O) groups is 2. The lowest BCUT2D eigenvalue weighted by molar-refractivity contribution is 0.0926. The molecule has 0 radical (unpaired) electrons. The summed E-state index contributed by atoms with van der Waals surface area (Å²) in [6, 6.07) is 11.8. The summed E-state index contributed by atoms with van der Waals surface area (Å²) < 4.78 is 0.613. The molecule has 1 aliphatic heterocycles. The van der Waals surface area contributed by atoms with Gasteiger partial charge in [-0.05, 0) is 46.3 Å². The number of nitrogen functional groups attached to an aromatic ring is 1. The van der Waals surface area contributed by atoms with Crippen LogP contribution in [0.2, 0.25) is 0 Å². The number of halogens is 1. The molecule has 5 heteroatoms. The second-order valence-corrected chi connectivity index (χ2v) is 5.06. The van der Waals surface area contributed by atoms with Gasteiger partial charge in [0.2, 0.25) is 0 Å². The molecule has 2 aromatic rings. The molecule has 0 atom stereocenters. The molecule has 0 saturated carbocycles. The Morgan fingerprint density at radius 1 is 0.947 bits per heavy atom. The first-order valence-corrected chi connectivity index (χ1v) is 6.42. The highest BCUT2D eigenvalue weighted by atomic mass is 79.9. The molecule has 2 amide bonds.